The zero-order valence-electron chi connectivity index (χ0n) is 12.0. The molecule has 22 heavy (non-hydrogen) atoms. The summed E-state index contributed by atoms with van der Waals surface area (Å²) in [7, 11) is 0. The predicted octanol–water partition coefficient (Wildman–Crippen LogP) is 2.27. The topological polar surface area (TPSA) is 93.4 Å². The standard InChI is InChI=1S/C15H16FN3O3/c1-9-4-11(14(20)21)8-19(7-9)15(22)18-12-3-2-10(6-17)13(16)5-12/h2-3,5,9,11H,4,7-8H2,1H3,(H,18,22)(H,20,21). The summed E-state index contributed by atoms with van der Waals surface area (Å²) >= 11 is 0. The third kappa shape index (κ3) is 3.52. The Morgan fingerprint density at radius 3 is 2.77 bits per heavy atom. The second kappa shape index (κ2) is 6.43. The van der Waals surface area contributed by atoms with Crippen LogP contribution in [0.15, 0.2) is 18.2 Å². The summed E-state index contributed by atoms with van der Waals surface area (Å²) in [6.45, 7) is 2.47. The minimum atomic E-state index is -0.922. The van der Waals surface area contributed by atoms with Gasteiger partial charge in [0.2, 0.25) is 0 Å². The number of nitrogens with zero attached hydrogens (tertiary/aromatic N) is 2. The number of hydrogen-bond donors (Lipinski definition) is 2. The Kier molecular flexibility index (Phi) is 4.61. The van der Waals surface area contributed by atoms with Crippen LogP contribution < -0.4 is 5.32 Å². The molecule has 1 heterocycles. The number of nitriles is 1. The summed E-state index contributed by atoms with van der Waals surface area (Å²) in [6, 6.07) is 5.01. The summed E-state index contributed by atoms with van der Waals surface area (Å²) in [4.78, 5) is 24.7. The molecule has 1 aliphatic rings. The molecule has 116 valence electrons. The van der Waals surface area contributed by atoms with Gasteiger partial charge < -0.3 is 15.3 Å². The molecule has 1 aromatic carbocycles. The number of carbonyl (C=O) groups excluding carboxylic acids is 1. The Balaban J connectivity index is 2.07. The van der Waals surface area contributed by atoms with Gasteiger partial charge in [0.15, 0.2) is 0 Å². The van der Waals surface area contributed by atoms with Crippen molar-refractivity contribution in [3.63, 3.8) is 0 Å². The molecule has 2 rings (SSSR count). The molecular formula is C15H16FN3O3. The molecule has 1 saturated heterocycles. The molecule has 0 saturated carbocycles. The number of likely N-dealkylation sites (tertiary alicyclic amines) is 1. The average Bonchev–Trinajstić information content (AvgIpc) is 2.46. The SMILES string of the molecule is CC1CC(C(=O)O)CN(C(=O)Nc2ccc(C#N)c(F)c2)C1. The van der Waals surface area contributed by atoms with Crippen LogP contribution >= 0.6 is 0 Å². The molecule has 1 fully saturated rings. The lowest BCUT2D eigenvalue weighted by Crippen LogP contribution is -2.47. The van der Waals surface area contributed by atoms with Crippen LogP contribution in [-0.4, -0.2) is 35.1 Å². The van der Waals surface area contributed by atoms with Gasteiger partial charge in [0.1, 0.15) is 11.9 Å². The van der Waals surface area contributed by atoms with Crippen molar-refractivity contribution in [1.82, 2.24) is 4.90 Å². The normalized spacial score (nSPS) is 21.0. The third-order valence-electron chi connectivity index (χ3n) is 3.64. The first-order valence-corrected chi connectivity index (χ1v) is 6.89. The molecule has 0 radical (unpaired) electrons. The Bertz CT molecular complexity index is 641. The minimum absolute atomic E-state index is 0.0818. The van der Waals surface area contributed by atoms with Gasteiger partial charge in [0.25, 0.3) is 0 Å². The van der Waals surface area contributed by atoms with E-state index in [1.54, 1.807) is 6.07 Å². The fraction of sp³-hybridized carbons (Fsp3) is 0.400. The van der Waals surface area contributed by atoms with Gasteiger partial charge in [-0.2, -0.15) is 5.26 Å². The number of piperidine rings is 1. The van der Waals surface area contributed by atoms with E-state index in [2.05, 4.69) is 5.32 Å². The summed E-state index contributed by atoms with van der Waals surface area (Å²) in [5, 5.41) is 20.3. The molecular weight excluding hydrogens is 289 g/mol. The van der Waals surface area contributed by atoms with Crippen molar-refractivity contribution in [1.29, 1.82) is 5.26 Å². The Labute approximate surface area is 127 Å². The number of nitrogens with one attached hydrogen (secondary N) is 1. The second-order valence-electron chi connectivity index (χ2n) is 5.52. The van der Waals surface area contributed by atoms with Gasteiger partial charge in [0.05, 0.1) is 11.5 Å². The number of aliphatic carboxylic acids is 1. The number of carbonyl (C=O) groups is 2. The quantitative estimate of drug-likeness (QED) is 0.876. The maximum Gasteiger partial charge on any atom is 0.321 e. The van der Waals surface area contributed by atoms with Crippen molar-refractivity contribution in [3.05, 3.63) is 29.6 Å². The number of amides is 2. The fourth-order valence-corrected chi connectivity index (χ4v) is 2.58. The summed E-state index contributed by atoms with van der Waals surface area (Å²) < 4.78 is 13.5. The summed E-state index contributed by atoms with van der Waals surface area (Å²) in [6.07, 6.45) is 0.532. The highest BCUT2D eigenvalue weighted by Gasteiger charge is 2.31. The number of carboxylic acid groups (broad SMARTS) is 1. The van der Waals surface area contributed by atoms with Crippen molar-refractivity contribution in [2.45, 2.75) is 13.3 Å². The Hall–Kier alpha value is -2.62. The molecule has 7 heteroatoms. The lowest BCUT2D eigenvalue weighted by atomic mass is 9.91. The highest BCUT2D eigenvalue weighted by atomic mass is 19.1. The second-order valence-corrected chi connectivity index (χ2v) is 5.52. The molecule has 2 N–H and O–H groups in total. The van der Waals surface area contributed by atoms with Gasteiger partial charge in [0, 0.05) is 18.8 Å². The van der Waals surface area contributed by atoms with E-state index in [1.807, 2.05) is 6.92 Å². The van der Waals surface area contributed by atoms with E-state index in [0.717, 1.165) is 6.07 Å². The number of hydrogen-bond acceptors (Lipinski definition) is 3. The van der Waals surface area contributed by atoms with Gasteiger partial charge in [-0.3, -0.25) is 4.79 Å². The number of carboxylic acids is 1. The van der Waals surface area contributed by atoms with Crippen molar-refractivity contribution in [2.75, 3.05) is 18.4 Å². The summed E-state index contributed by atoms with van der Waals surface area (Å²) in [5.41, 5.74) is 0.127. The molecule has 0 aliphatic carbocycles. The number of benzene rings is 1. The smallest absolute Gasteiger partial charge is 0.321 e. The van der Waals surface area contributed by atoms with Crippen molar-refractivity contribution >= 4 is 17.7 Å². The van der Waals surface area contributed by atoms with E-state index in [1.165, 1.54) is 17.0 Å². The number of urea groups is 1. The minimum Gasteiger partial charge on any atom is -0.481 e. The first-order valence-electron chi connectivity index (χ1n) is 6.89. The zero-order chi connectivity index (χ0) is 16.3. The molecule has 6 nitrogen and oxygen atoms in total. The molecule has 0 spiro atoms. The van der Waals surface area contributed by atoms with Crippen LogP contribution in [0.5, 0.6) is 0 Å². The Morgan fingerprint density at radius 1 is 1.45 bits per heavy atom. The molecule has 2 amide bonds. The first kappa shape index (κ1) is 15.8. The highest BCUT2D eigenvalue weighted by Crippen LogP contribution is 2.23. The van der Waals surface area contributed by atoms with Gasteiger partial charge >= 0.3 is 12.0 Å². The lowest BCUT2D eigenvalue weighted by Gasteiger charge is -2.34. The van der Waals surface area contributed by atoms with Crippen LogP contribution in [0.1, 0.15) is 18.9 Å². The number of anilines is 1. The predicted molar refractivity (Wildman–Crippen MR) is 76.6 cm³/mol. The average molecular weight is 305 g/mol. The van der Waals surface area contributed by atoms with Gasteiger partial charge in [-0.15, -0.1) is 0 Å². The van der Waals surface area contributed by atoms with E-state index in [-0.39, 0.29) is 23.7 Å². The van der Waals surface area contributed by atoms with Crippen LogP contribution in [0.25, 0.3) is 0 Å². The molecule has 1 aliphatic heterocycles. The third-order valence-corrected chi connectivity index (χ3v) is 3.64. The fourth-order valence-electron chi connectivity index (χ4n) is 2.58. The van der Waals surface area contributed by atoms with Crippen molar-refractivity contribution in [3.8, 4) is 6.07 Å². The van der Waals surface area contributed by atoms with Crippen LogP contribution in [0.4, 0.5) is 14.9 Å². The lowest BCUT2D eigenvalue weighted by molar-refractivity contribution is -0.143. The summed E-state index contributed by atoms with van der Waals surface area (Å²) in [5.74, 6) is -2.14. The van der Waals surface area contributed by atoms with E-state index in [4.69, 9.17) is 10.4 Å². The molecule has 0 aromatic heterocycles. The van der Waals surface area contributed by atoms with Gasteiger partial charge in [-0.25, -0.2) is 9.18 Å². The maximum atomic E-state index is 13.5. The van der Waals surface area contributed by atoms with Crippen LogP contribution in [0.2, 0.25) is 0 Å². The van der Waals surface area contributed by atoms with Gasteiger partial charge in [-0.05, 0) is 30.5 Å². The first-order chi connectivity index (χ1) is 10.4. The number of rotatable bonds is 2. The van der Waals surface area contributed by atoms with Crippen LogP contribution in [0.3, 0.4) is 0 Å². The van der Waals surface area contributed by atoms with E-state index < -0.39 is 23.7 Å². The highest BCUT2D eigenvalue weighted by molar-refractivity contribution is 5.89. The molecule has 2 unspecified atom stereocenters. The molecule has 0 bridgehead atoms. The number of halogens is 1. The van der Waals surface area contributed by atoms with Crippen molar-refractivity contribution < 1.29 is 19.1 Å². The van der Waals surface area contributed by atoms with Gasteiger partial charge in [-0.1, -0.05) is 6.92 Å². The molecule has 1 aromatic rings. The molecule has 2 atom stereocenters. The Morgan fingerprint density at radius 2 is 2.18 bits per heavy atom. The van der Waals surface area contributed by atoms with E-state index in [0.29, 0.717) is 13.0 Å². The largest absolute Gasteiger partial charge is 0.481 e. The monoisotopic (exact) mass is 305 g/mol. The van der Waals surface area contributed by atoms with Crippen LogP contribution in [0, 0.1) is 29.0 Å². The maximum absolute atomic E-state index is 13.5. The van der Waals surface area contributed by atoms with E-state index >= 15 is 0 Å². The van der Waals surface area contributed by atoms with E-state index in [9.17, 15) is 14.0 Å². The van der Waals surface area contributed by atoms with Crippen LogP contribution in [-0.2, 0) is 4.79 Å². The van der Waals surface area contributed by atoms with Crippen molar-refractivity contribution in [2.24, 2.45) is 11.8 Å². The zero-order valence-corrected chi connectivity index (χ0v) is 12.0.